The molecular weight excluding hydrogens is 374 g/mol. The van der Waals surface area contributed by atoms with Gasteiger partial charge in [-0.15, -0.1) is 0 Å². The quantitative estimate of drug-likeness (QED) is 0.759. The van der Waals surface area contributed by atoms with Crippen molar-refractivity contribution in [3.05, 3.63) is 59.4 Å². The van der Waals surface area contributed by atoms with Crippen LogP contribution < -0.4 is 4.74 Å². The van der Waals surface area contributed by atoms with Gasteiger partial charge in [0.25, 0.3) is 5.91 Å². The molecule has 30 heavy (non-hydrogen) atoms. The molecular formula is C25H33N3O2. The van der Waals surface area contributed by atoms with Crippen molar-refractivity contribution in [2.24, 2.45) is 5.92 Å². The number of aryl methyl sites for hydroxylation is 2. The van der Waals surface area contributed by atoms with Crippen LogP contribution in [0.25, 0.3) is 0 Å². The lowest BCUT2D eigenvalue weighted by atomic mass is 9.86. The van der Waals surface area contributed by atoms with Crippen LogP contribution in [-0.4, -0.2) is 53.5 Å². The topological polar surface area (TPSA) is 45.7 Å². The molecule has 5 nitrogen and oxygen atoms in total. The first-order valence-electron chi connectivity index (χ1n) is 11.2. The Kier molecular flexibility index (Phi) is 6.68. The van der Waals surface area contributed by atoms with Crippen LogP contribution in [-0.2, 0) is 17.8 Å². The zero-order chi connectivity index (χ0) is 20.9. The monoisotopic (exact) mass is 407 g/mol. The van der Waals surface area contributed by atoms with Gasteiger partial charge in [-0.25, -0.2) is 0 Å². The summed E-state index contributed by atoms with van der Waals surface area (Å²) in [6.07, 6.45) is 5.50. The highest BCUT2D eigenvalue weighted by atomic mass is 16.5. The third-order valence-electron chi connectivity index (χ3n) is 6.60. The molecule has 0 spiro atoms. The van der Waals surface area contributed by atoms with E-state index in [0.717, 1.165) is 62.5 Å². The highest BCUT2D eigenvalue weighted by Crippen LogP contribution is 2.29. The lowest BCUT2D eigenvalue weighted by molar-refractivity contribution is -0.136. The molecule has 1 amide bonds. The molecule has 2 aliphatic heterocycles. The maximum Gasteiger partial charge on any atom is 0.260 e. The van der Waals surface area contributed by atoms with Crippen molar-refractivity contribution in [1.29, 1.82) is 0 Å². The Balaban J connectivity index is 1.46. The number of likely N-dealkylation sites (N-methyl/N-ethyl adjacent to an activating group) is 1. The molecule has 0 radical (unpaired) electrons. The number of aromatic nitrogens is 1. The number of para-hydroxylation sites is 1. The molecule has 0 aliphatic carbocycles. The highest BCUT2D eigenvalue weighted by molar-refractivity contribution is 5.78. The lowest BCUT2D eigenvalue weighted by Gasteiger charge is -2.43. The van der Waals surface area contributed by atoms with Gasteiger partial charge in [0.05, 0.1) is 5.69 Å². The molecule has 5 heteroatoms. The van der Waals surface area contributed by atoms with Crippen molar-refractivity contribution in [3.8, 4) is 5.75 Å². The van der Waals surface area contributed by atoms with Crippen molar-refractivity contribution in [2.75, 3.05) is 26.7 Å². The third-order valence-corrected chi connectivity index (χ3v) is 6.60. The first-order valence-corrected chi connectivity index (χ1v) is 11.2. The van der Waals surface area contributed by atoms with Gasteiger partial charge in [-0.05, 0) is 62.3 Å². The predicted octanol–water partition coefficient (Wildman–Crippen LogP) is 3.84. The normalized spacial score (nSPS) is 23.5. The second-order valence-corrected chi connectivity index (χ2v) is 8.77. The lowest BCUT2D eigenvalue weighted by Crippen LogP contribution is -2.52. The minimum Gasteiger partial charge on any atom is -0.483 e. The second kappa shape index (κ2) is 9.61. The molecule has 2 aliphatic rings. The molecule has 4 rings (SSSR count). The van der Waals surface area contributed by atoms with Gasteiger partial charge < -0.3 is 9.64 Å². The molecule has 2 atom stereocenters. The fraction of sp³-hybridized carbons (Fsp3) is 0.520. The van der Waals surface area contributed by atoms with Crippen LogP contribution in [0.1, 0.15) is 42.6 Å². The van der Waals surface area contributed by atoms with E-state index < -0.39 is 0 Å². The molecule has 0 saturated carbocycles. The van der Waals surface area contributed by atoms with Gasteiger partial charge in [0.2, 0.25) is 0 Å². The minimum atomic E-state index is 0.0779. The number of carbonyl (C=O) groups is 1. The van der Waals surface area contributed by atoms with Gasteiger partial charge in [-0.3, -0.25) is 14.7 Å². The fourth-order valence-corrected chi connectivity index (χ4v) is 4.95. The standard InChI is InChI=1S/C25H33N3O2/c1-19-8-7-12-22(26-19)17-28-15-14-23-21(16-28)11-4-3-9-20-10-5-6-13-24(20)30-18-25(29)27(23)2/h5-8,10,12-13,21,23H,3-4,9,11,14-18H2,1-2H3/t21-,23+/m0/s1. The summed E-state index contributed by atoms with van der Waals surface area (Å²) in [7, 11) is 1.96. The van der Waals surface area contributed by atoms with E-state index in [1.54, 1.807) is 0 Å². The number of carbonyl (C=O) groups excluding carboxylic acids is 1. The van der Waals surface area contributed by atoms with E-state index in [4.69, 9.17) is 4.74 Å². The third kappa shape index (κ3) is 5.01. The number of pyridine rings is 1. The number of likely N-dealkylation sites (tertiary alicyclic amines) is 1. The summed E-state index contributed by atoms with van der Waals surface area (Å²) < 4.78 is 5.92. The van der Waals surface area contributed by atoms with E-state index in [1.807, 2.05) is 37.1 Å². The van der Waals surface area contributed by atoms with Crippen LogP contribution in [0, 0.1) is 12.8 Å². The molecule has 0 unspecified atom stereocenters. The maximum absolute atomic E-state index is 12.9. The van der Waals surface area contributed by atoms with Gasteiger partial charge >= 0.3 is 0 Å². The van der Waals surface area contributed by atoms with E-state index in [0.29, 0.717) is 5.92 Å². The smallest absolute Gasteiger partial charge is 0.260 e. The first-order chi connectivity index (χ1) is 14.6. The zero-order valence-electron chi connectivity index (χ0n) is 18.2. The zero-order valence-corrected chi connectivity index (χ0v) is 18.2. The van der Waals surface area contributed by atoms with Crippen LogP contribution in [0.15, 0.2) is 42.5 Å². The molecule has 0 bridgehead atoms. The average molecular weight is 408 g/mol. The van der Waals surface area contributed by atoms with Gasteiger partial charge in [0.1, 0.15) is 5.75 Å². The van der Waals surface area contributed by atoms with Crippen molar-refractivity contribution in [1.82, 2.24) is 14.8 Å². The van der Waals surface area contributed by atoms with Crippen LogP contribution in [0.4, 0.5) is 0 Å². The van der Waals surface area contributed by atoms with Gasteiger partial charge in [-0.1, -0.05) is 30.7 Å². The summed E-state index contributed by atoms with van der Waals surface area (Å²) >= 11 is 0. The number of piperidine rings is 1. The van der Waals surface area contributed by atoms with E-state index >= 15 is 0 Å². The Morgan fingerprint density at radius 3 is 2.83 bits per heavy atom. The predicted molar refractivity (Wildman–Crippen MR) is 118 cm³/mol. The molecule has 2 aromatic rings. The molecule has 3 heterocycles. The average Bonchev–Trinajstić information content (AvgIpc) is 2.75. The maximum atomic E-state index is 12.9. The number of hydrogen-bond donors (Lipinski definition) is 0. The molecule has 1 saturated heterocycles. The summed E-state index contributed by atoms with van der Waals surface area (Å²) in [5.41, 5.74) is 3.41. The minimum absolute atomic E-state index is 0.0779. The van der Waals surface area contributed by atoms with Crippen LogP contribution in [0.2, 0.25) is 0 Å². The summed E-state index contributed by atoms with van der Waals surface area (Å²) in [5, 5.41) is 0. The number of ether oxygens (including phenoxy) is 1. The van der Waals surface area contributed by atoms with E-state index in [-0.39, 0.29) is 18.6 Å². The fourth-order valence-electron chi connectivity index (χ4n) is 4.95. The van der Waals surface area contributed by atoms with E-state index in [1.165, 1.54) is 12.0 Å². The summed E-state index contributed by atoms with van der Waals surface area (Å²) in [6.45, 7) is 5.07. The summed E-state index contributed by atoms with van der Waals surface area (Å²) in [5.74, 6) is 1.43. The molecule has 0 N–H and O–H groups in total. The Labute approximate surface area is 180 Å². The van der Waals surface area contributed by atoms with Crippen molar-refractivity contribution < 1.29 is 9.53 Å². The number of nitrogens with zero attached hydrogens (tertiary/aromatic N) is 3. The van der Waals surface area contributed by atoms with Crippen molar-refractivity contribution in [2.45, 2.75) is 51.6 Å². The largest absolute Gasteiger partial charge is 0.483 e. The van der Waals surface area contributed by atoms with Crippen LogP contribution in [0.5, 0.6) is 5.75 Å². The van der Waals surface area contributed by atoms with Gasteiger partial charge in [0.15, 0.2) is 6.61 Å². The van der Waals surface area contributed by atoms with Crippen LogP contribution in [0.3, 0.4) is 0 Å². The summed E-state index contributed by atoms with van der Waals surface area (Å²) in [4.78, 5) is 22.0. The summed E-state index contributed by atoms with van der Waals surface area (Å²) in [6, 6.07) is 14.7. The molecule has 1 fully saturated rings. The number of fused-ring (bicyclic) bond motifs is 2. The Bertz CT molecular complexity index is 869. The van der Waals surface area contributed by atoms with Crippen molar-refractivity contribution >= 4 is 5.91 Å². The van der Waals surface area contributed by atoms with Gasteiger partial charge in [0, 0.05) is 38.4 Å². The van der Waals surface area contributed by atoms with E-state index in [2.05, 4.69) is 34.1 Å². The first kappa shape index (κ1) is 20.9. The second-order valence-electron chi connectivity index (χ2n) is 8.77. The Hall–Kier alpha value is -2.40. The SMILES string of the molecule is Cc1cccc(CN2CC[C@@H]3[C@@H](CCCCc4ccccc4OCC(=O)N3C)C2)n1. The highest BCUT2D eigenvalue weighted by Gasteiger charge is 2.34. The number of benzene rings is 1. The Morgan fingerprint density at radius 2 is 1.97 bits per heavy atom. The number of rotatable bonds is 2. The van der Waals surface area contributed by atoms with Crippen LogP contribution >= 0.6 is 0 Å². The van der Waals surface area contributed by atoms with E-state index in [9.17, 15) is 4.79 Å². The van der Waals surface area contributed by atoms with Crippen molar-refractivity contribution in [3.63, 3.8) is 0 Å². The molecule has 160 valence electrons. The molecule has 1 aromatic heterocycles. The number of hydrogen-bond acceptors (Lipinski definition) is 4. The molecule has 1 aromatic carbocycles. The number of amides is 1. The van der Waals surface area contributed by atoms with Gasteiger partial charge in [-0.2, -0.15) is 0 Å². The Morgan fingerprint density at radius 1 is 1.10 bits per heavy atom.